The maximum Gasteiger partial charge on any atom is 0.421 e. The maximum atomic E-state index is 13.7. The Morgan fingerprint density at radius 2 is 1.53 bits per heavy atom. The molecule has 43 heavy (non-hydrogen) atoms. The molecule has 0 saturated carbocycles. The number of hydrogen-bond donors (Lipinski definition) is 2. The lowest BCUT2D eigenvalue weighted by Crippen LogP contribution is -2.59. The predicted molar refractivity (Wildman–Crippen MR) is 162 cm³/mol. The number of thiol groups is 1. The van der Waals surface area contributed by atoms with Crippen molar-refractivity contribution in [2.24, 2.45) is 0 Å². The van der Waals surface area contributed by atoms with Crippen LogP contribution in [-0.4, -0.2) is 75.2 Å². The van der Waals surface area contributed by atoms with Gasteiger partial charge in [0.25, 0.3) is 0 Å². The van der Waals surface area contributed by atoms with Crippen LogP contribution in [0.4, 0.5) is 18.9 Å². The summed E-state index contributed by atoms with van der Waals surface area (Å²) in [6.07, 6.45) is -3.82. The predicted octanol–water partition coefficient (Wildman–Crippen LogP) is 4.65. The zero-order valence-electron chi connectivity index (χ0n) is 23.8. The zero-order valence-corrected chi connectivity index (χ0v) is 26.3. The van der Waals surface area contributed by atoms with Crippen LogP contribution >= 0.6 is 12.6 Å². The molecule has 0 aliphatic carbocycles. The van der Waals surface area contributed by atoms with Crippen LogP contribution < -0.4 is 4.90 Å². The summed E-state index contributed by atoms with van der Waals surface area (Å²) in [6.45, 7) is 2.37. The molecule has 4 rings (SSSR count). The van der Waals surface area contributed by atoms with Crippen molar-refractivity contribution in [3.63, 3.8) is 0 Å². The van der Waals surface area contributed by atoms with E-state index in [0.29, 0.717) is 12.6 Å². The van der Waals surface area contributed by atoms with E-state index in [-0.39, 0.29) is 41.5 Å². The van der Waals surface area contributed by atoms with Crippen molar-refractivity contribution in [2.75, 3.05) is 37.3 Å². The minimum atomic E-state index is -4.90. The molecule has 1 N–H and O–H groups in total. The largest absolute Gasteiger partial charge is 0.421 e. The van der Waals surface area contributed by atoms with E-state index < -0.39 is 43.9 Å². The SMILES string of the molecule is CC(c1ccccc1)N(C[C@H]1CN(S(=O)(=O)c2ccccc2S)CCN1c1ccc([C@@](C)(O)C(F)(F)F)cc1)S(C)(=O)=O. The fraction of sp³-hybridized carbons (Fsp3) is 0.379. The molecule has 3 aromatic carbocycles. The topological polar surface area (TPSA) is 98.2 Å². The number of anilines is 1. The molecule has 1 aliphatic heterocycles. The van der Waals surface area contributed by atoms with E-state index in [1.807, 2.05) is 6.07 Å². The molecule has 0 bridgehead atoms. The summed E-state index contributed by atoms with van der Waals surface area (Å²) < 4.78 is 96.4. The molecule has 3 atom stereocenters. The summed E-state index contributed by atoms with van der Waals surface area (Å²) in [5.41, 5.74) is -2.24. The third-order valence-corrected chi connectivity index (χ3v) is 11.6. The van der Waals surface area contributed by atoms with Crippen LogP contribution in [0.15, 0.2) is 88.7 Å². The van der Waals surface area contributed by atoms with Crippen molar-refractivity contribution in [3.05, 3.63) is 90.0 Å². The van der Waals surface area contributed by atoms with Crippen LogP contribution in [0.25, 0.3) is 0 Å². The number of benzene rings is 3. The number of halogens is 3. The van der Waals surface area contributed by atoms with Gasteiger partial charge in [-0.3, -0.25) is 0 Å². The number of hydrogen-bond acceptors (Lipinski definition) is 7. The maximum absolute atomic E-state index is 13.7. The van der Waals surface area contributed by atoms with E-state index in [0.717, 1.165) is 11.8 Å². The third kappa shape index (κ3) is 7.04. The molecular formula is C29H34F3N3O5S3. The molecule has 1 saturated heterocycles. The fourth-order valence-corrected chi connectivity index (χ4v) is 8.38. The second-order valence-electron chi connectivity index (χ2n) is 10.7. The van der Waals surface area contributed by atoms with Crippen molar-refractivity contribution in [1.82, 2.24) is 8.61 Å². The molecule has 1 unspecified atom stereocenters. The highest BCUT2D eigenvalue weighted by Crippen LogP contribution is 2.39. The zero-order chi connectivity index (χ0) is 31.8. The summed E-state index contributed by atoms with van der Waals surface area (Å²) >= 11 is 4.32. The molecule has 1 aliphatic rings. The Balaban J connectivity index is 1.73. The number of nitrogens with zero attached hydrogens (tertiary/aromatic N) is 3. The molecule has 14 heteroatoms. The van der Waals surface area contributed by atoms with Crippen LogP contribution in [0.5, 0.6) is 0 Å². The summed E-state index contributed by atoms with van der Waals surface area (Å²) in [5, 5.41) is 10.1. The summed E-state index contributed by atoms with van der Waals surface area (Å²) in [6, 6.07) is 19.1. The Kier molecular flexibility index (Phi) is 9.60. The average molecular weight is 658 g/mol. The Morgan fingerprint density at radius 3 is 2.09 bits per heavy atom. The standard InChI is InChI=1S/C29H34F3N3O5S3/c1-21(22-9-5-4-6-10-22)35(42(3,37)38)20-25-19-33(43(39,40)27-12-8-7-11-26(27)41)17-18-34(25)24-15-13-23(14-16-24)28(2,36)29(30,31)32/h4-16,21,25,36,41H,17-20H2,1-3H3/t21?,25-,28-/m1/s1. The van der Waals surface area contributed by atoms with Crippen LogP contribution in [-0.2, 0) is 25.6 Å². The van der Waals surface area contributed by atoms with Crippen molar-refractivity contribution in [1.29, 1.82) is 0 Å². The summed E-state index contributed by atoms with van der Waals surface area (Å²) in [4.78, 5) is 2.08. The number of rotatable bonds is 9. The lowest BCUT2D eigenvalue weighted by molar-refractivity contribution is -0.258. The summed E-state index contributed by atoms with van der Waals surface area (Å²) in [7, 11) is -7.82. The van der Waals surface area contributed by atoms with Crippen molar-refractivity contribution in [2.45, 2.75) is 47.5 Å². The van der Waals surface area contributed by atoms with Gasteiger partial charge in [0.1, 0.15) is 0 Å². The van der Waals surface area contributed by atoms with E-state index in [1.54, 1.807) is 54.3 Å². The van der Waals surface area contributed by atoms with E-state index in [9.17, 15) is 35.1 Å². The number of piperazine rings is 1. The van der Waals surface area contributed by atoms with E-state index in [1.165, 1.54) is 38.9 Å². The van der Waals surface area contributed by atoms with Gasteiger partial charge < -0.3 is 10.0 Å². The summed E-state index contributed by atoms with van der Waals surface area (Å²) in [5.74, 6) is 0. The highest BCUT2D eigenvalue weighted by atomic mass is 32.2. The van der Waals surface area contributed by atoms with Gasteiger partial charge in [0.2, 0.25) is 20.0 Å². The molecule has 0 spiro atoms. The van der Waals surface area contributed by atoms with Gasteiger partial charge in [-0.1, -0.05) is 54.6 Å². The molecule has 234 valence electrons. The first kappa shape index (κ1) is 33.3. The van der Waals surface area contributed by atoms with Crippen LogP contribution in [0.1, 0.15) is 31.0 Å². The third-order valence-electron chi connectivity index (χ3n) is 7.77. The Bertz CT molecular complexity index is 1640. The number of alkyl halides is 3. The smallest absolute Gasteiger partial charge is 0.376 e. The minimum absolute atomic E-state index is 0.0156. The van der Waals surface area contributed by atoms with Crippen LogP contribution in [0.3, 0.4) is 0 Å². The molecule has 1 heterocycles. The Labute approximate surface area is 256 Å². The minimum Gasteiger partial charge on any atom is -0.376 e. The Morgan fingerprint density at radius 1 is 0.953 bits per heavy atom. The monoisotopic (exact) mass is 657 g/mol. The number of aliphatic hydroxyl groups is 1. The van der Waals surface area contributed by atoms with Crippen LogP contribution in [0.2, 0.25) is 0 Å². The van der Waals surface area contributed by atoms with Gasteiger partial charge in [-0.15, -0.1) is 12.6 Å². The van der Waals surface area contributed by atoms with Gasteiger partial charge in [0, 0.05) is 42.8 Å². The molecule has 0 amide bonds. The van der Waals surface area contributed by atoms with Gasteiger partial charge in [-0.05, 0) is 49.2 Å². The lowest BCUT2D eigenvalue weighted by Gasteiger charge is -2.44. The second-order valence-corrected chi connectivity index (χ2v) is 15.0. The molecule has 0 radical (unpaired) electrons. The average Bonchev–Trinajstić information content (AvgIpc) is 2.95. The van der Waals surface area contributed by atoms with Crippen molar-refractivity contribution >= 4 is 38.4 Å². The first-order chi connectivity index (χ1) is 19.9. The van der Waals surface area contributed by atoms with Gasteiger partial charge in [-0.2, -0.15) is 21.8 Å². The highest BCUT2D eigenvalue weighted by Gasteiger charge is 2.51. The van der Waals surface area contributed by atoms with Crippen molar-refractivity contribution < 1.29 is 35.1 Å². The Hall–Kier alpha value is -2.62. The van der Waals surface area contributed by atoms with Gasteiger partial charge >= 0.3 is 6.18 Å². The molecule has 3 aromatic rings. The molecule has 8 nitrogen and oxygen atoms in total. The van der Waals surface area contributed by atoms with Crippen LogP contribution in [0, 0.1) is 0 Å². The van der Waals surface area contributed by atoms with Gasteiger partial charge in [-0.25, -0.2) is 16.8 Å². The van der Waals surface area contributed by atoms with Crippen molar-refractivity contribution in [3.8, 4) is 0 Å². The van der Waals surface area contributed by atoms with E-state index in [2.05, 4.69) is 12.6 Å². The highest BCUT2D eigenvalue weighted by molar-refractivity contribution is 7.90. The molecule has 0 aromatic heterocycles. The first-order valence-corrected chi connectivity index (χ1v) is 17.1. The fourth-order valence-electron chi connectivity index (χ4n) is 5.18. The molecule has 1 fully saturated rings. The second kappa shape index (κ2) is 12.4. The molecular weight excluding hydrogens is 624 g/mol. The lowest BCUT2D eigenvalue weighted by atomic mass is 9.95. The van der Waals surface area contributed by atoms with E-state index in [4.69, 9.17) is 0 Å². The number of sulfonamides is 2. The quantitative estimate of drug-likeness (QED) is 0.326. The first-order valence-electron chi connectivity index (χ1n) is 13.4. The van der Waals surface area contributed by atoms with E-state index >= 15 is 0 Å². The van der Waals surface area contributed by atoms with Gasteiger partial charge in [0.15, 0.2) is 5.60 Å². The normalized spacial score (nSPS) is 19.3. The van der Waals surface area contributed by atoms with Gasteiger partial charge in [0.05, 0.1) is 17.2 Å².